The van der Waals surface area contributed by atoms with Crippen LogP contribution in [0.3, 0.4) is 0 Å². The number of amidine groups is 1. The zero-order chi connectivity index (χ0) is 17.2. The van der Waals surface area contributed by atoms with E-state index in [2.05, 4.69) is 15.3 Å². The summed E-state index contributed by atoms with van der Waals surface area (Å²) in [4.78, 5) is 21.2. The number of hydrogen-bond acceptors (Lipinski definition) is 3. The van der Waals surface area contributed by atoms with Gasteiger partial charge in [-0.3, -0.25) is 9.78 Å². The van der Waals surface area contributed by atoms with Crippen LogP contribution in [0.4, 0.5) is 0 Å². The molecule has 1 N–H and O–H groups in total. The summed E-state index contributed by atoms with van der Waals surface area (Å²) in [5, 5.41) is 2.85. The Morgan fingerprint density at radius 2 is 1.75 bits per heavy atom. The van der Waals surface area contributed by atoms with Gasteiger partial charge in [-0.1, -0.05) is 62.4 Å². The summed E-state index contributed by atoms with van der Waals surface area (Å²) in [7, 11) is 0. The summed E-state index contributed by atoms with van der Waals surface area (Å²) in [5.41, 5.74) is 2.11. The van der Waals surface area contributed by atoms with Crippen molar-refractivity contribution < 1.29 is 4.79 Å². The zero-order valence-electron chi connectivity index (χ0n) is 14.2. The summed E-state index contributed by atoms with van der Waals surface area (Å²) in [5.74, 6) is 0.611. The van der Waals surface area contributed by atoms with E-state index in [0.717, 1.165) is 11.1 Å². The Hall–Kier alpha value is -2.75. The summed E-state index contributed by atoms with van der Waals surface area (Å²) >= 11 is 0. The molecule has 0 radical (unpaired) electrons. The molecule has 4 nitrogen and oxygen atoms in total. The molecular formula is C20H21N3O. The molecule has 0 bridgehead atoms. The van der Waals surface area contributed by atoms with Crippen LogP contribution < -0.4 is 5.32 Å². The van der Waals surface area contributed by atoms with Crippen molar-refractivity contribution in [3.63, 3.8) is 0 Å². The van der Waals surface area contributed by atoms with E-state index in [0.29, 0.717) is 11.5 Å². The first-order valence-electron chi connectivity index (χ1n) is 8.10. The maximum atomic E-state index is 12.2. The van der Waals surface area contributed by atoms with Gasteiger partial charge in [0.15, 0.2) is 5.84 Å². The molecule has 24 heavy (non-hydrogen) atoms. The molecular weight excluding hydrogens is 298 g/mol. The molecule has 1 unspecified atom stereocenters. The molecule has 2 heterocycles. The largest absolute Gasteiger partial charge is 0.307 e. The van der Waals surface area contributed by atoms with Crippen LogP contribution in [0.2, 0.25) is 0 Å². The minimum absolute atomic E-state index is 0.0673. The Morgan fingerprint density at radius 1 is 1.04 bits per heavy atom. The molecule has 0 aliphatic carbocycles. The average molecular weight is 319 g/mol. The molecule has 4 heteroatoms. The highest BCUT2D eigenvalue weighted by Crippen LogP contribution is 2.26. The van der Waals surface area contributed by atoms with Gasteiger partial charge in [-0.2, -0.15) is 0 Å². The molecule has 1 aliphatic heterocycles. The highest BCUT2D eigenvalue weighted by atomic mass is 16.2. The second-order valence-corrected chi connectivity index (χ2v) is 6.44. The molecule has 122 valence electrons. The van der Waals surface area contributed by atoms with Crippen molar-refractivity contribution in [3.8, 4) is 0 Å². The number of nitrogens with zero attached hydrogens (tertiary/aromatic N) is 2. The molecule has 0 saturated carbocycles. The Labute approximate surface area is 142 Å². The van der Waals surface area contributed by atoms with E-state index < -0.39 is 5.54 Å². The number of aromatic nitrogens is 1. The number of rotatable bonds is 4. The van der Waals surface area contributed by atoms with Gasteiger partial charge in [0.2, 0.25) is 0 Å². The van der Waals surface area contributed by atoms with Gasteiger partial charge in [-0.05, 0) is 30.0 Å². The molecule has 1 aromatic carbocycles. The van der Waals surface area contributed by atoms with Crippen LogP contribution in [0.25, 0.3) is 12.2 Å². The van der Waals surface area contributed by atoms with Crippen molar-refractivity contribution in [2.24, 2.45) is 10.9 Å². The number of pyridine rings is 1. The van der Waals surface area contributed by atoms with E-state index in [9.17, 15) is 4.79 Å². The second kappa shape index (κ2) is 6.40. The fourth-order valence-corrected chi connectivity index (χ4v) is 2.46. The van der Waals surface area contributed by atoms with Crippen molar-refractivity contribution in [2.75, 3.05) is 0 Å². The predicted molar refractivity (Wildman–Crippen MR) is 97.5 cm³/mol. The highest BCUT2D eigenvalue weighted by molar-refractivity contribution is 6.14. The van der Waals surface area contributed by atoms with Crippen molar-refractivity contribution >= 4 is 23.9 Å². The smallest absolute Gasteiger partial charge is 0.253 e. The minimum atomic E-state index is -0.719. The predicted octanol–water partition coefficient (Wildman–Crippen LogP) is 3.54. The van der Waals surface area contributed by atoms with E-state index in [4.69, 9.17) is 0 Å². The van der Waals surface area contributed by atoms with Gasteiger partial charge in [0.1, 0.15) is 11.2 Å². The lowest BCUT2D eigenvalue weighted by molar-refractivity contribution is -0.124. The molecule has 1 aliphatic rings. The van der Waals surface area contributed by atoms with Crippen LogP contribution in [0.15, 0.2) is 53.7 Å². The van der Waals surface area contributed by atoms with Gasteiger partial charge in [-0.15, -0.1) is 0 Å². The lowest BCUT2D eigenvalue weighted by atomic mass is 9.89. The number of hydrogen-bond donors (Lipinski definition) is 1. The number of carbonyl (C=O) groups is 1. The van der Waals surface area contributed by atoms with Crippen LogP contribution in [0.5, 0.6) is 0 Å². The average Bonchev–Trinajstić information content (AvgIpc) is 2.91. The summed E-state index contributed by atoms with van der Waals surface area (Å²) in [6, 6.07) is 14.0. The number of aliphatic imine (C=N–C) groups is 1. The van der Waals surface area contributed by atoms with Crippen molar-refractivity contribution in [3.05, 3.63) is 65.5 Å². The zero-order valence-corrected chi connectivity index (χ0v) is 14.2. The fraction of sp³-hybridized carbons (Fsp3) is 0.250. The molecule has 1 aromatic heterocycles. The van der Waals surface area contributed by atoms with Crippen molar-refractivity contribution in [1.82, 2.24) is 10.3 Å². The SMILES string of the molecule is CC(C)C1(C)N=C(c2ccc(/C=C/c3ccccc3)cn2)NC1=O. The number of amides is 1. The maximum Gasteiger partial charge on any atom is 0.253 e. The van der Waals surface area contributed by atoms with Crippen molar-refractivity contribution in [1.29, 1.82) is 0 Å². The monoisotopic (exact) mass is 319 g/mol. The van der Waals surface area contributed by atoms with Crippen LogP contribution in [0.1, 0.15) is 37.6 Å². The van der Waals surface area contributed by atoms with Gasteiger partial charge in [0.05, 0.1) is 0 Å². The van der Waals surface area contributed by atoms with E-state index in [1.165, 1.54) is 0 Å². The highest BCUT2D eigenvalue weighted by Gasteiger charge is 2.42. The maximum absolute atomic E-state index is 12.2. The lowest BCUT2D eigenvalue weighted by Crippen LogP contribution is -2.41. The van der Waals surface area contributed by atoms with E-state index in [1.807, 2.05) is 75.4 Å². The van der Waals surface area contributed by atoms with E-state index in [1.54, 1.807) is 6.20 Å². The third-order valence-corrected chi connectivity index (χ3v) is 4.46. The third-order valence-electron chi connectivity index (χ3n) is 4.46. The molecule has 0 saturated heterocycles. The van der Waals surface area contributed by atoms with Crippen molar-refractivity contribution in [2.45, 2.75) is 26.3 Å². The standard InChI is InChI=1S/C20H21N3O/c1-14(2)20(3)19(24)22-18(23-20)17-12-11-16(13-21-17)10-9-15-7-5-4-6-8-15/h4-14H,1-3H3,(H,22,23,24)/b10-9+. The van der Waals surface area contributed by atoms with Crippen LogP contribution in [0, 0.1) is 5.92 Å². The summed E-state index contributed by atoms with van der Waals surface area (Å²) < 4.78 is 0. The molecule has 0 spiro atoms. The van der Waals surface area contributed by atoms with E-state index >= 15 is 0 Å². The molecule has 2 aromatic rings. The van der Waals surface area contributed by atoms with E-state index in [-0.39, 0.29) is 11.8 Å². The molecule has 1 amide bonds. The van der Waals surface area contributed by atoms with Crippen LogP contribution in [-0.4, -0.2) is 22.3 Å². The summed E-state index contributed by atoms with van der Waals surface area (Å²) in [6.45, 7) is 5.85. The topological polar surface area (TPSA) is 54.4 Å². The third kappa shape index (κ3) is 3.13. The second-order valence-electron chi connectivity index (χ2n) is 6.44. The van der Waals surface area contributed by atoms with Gasteiger partial charge in [0.25, 0.3) is 5.91 Å². The minimum Gasteiger partial charge on any atom is -0.307 e. The normalized spacial score (nSPS) is 20.5. The first-order chi connectivity index (χ1) is 11.5. The summed E-state index contributed by atoms with van der Waals surface area (Å²) in [6.07, 6.45) is 5.84. The number of benzene rings is 1. The lowest BCUT2D eigenvalue weighted by Gasteiger charge is -2.21. The Kier molecular flexibility index (Phi) is 4.30. The fourth-order valence-electron chi connectivity index (χ4n) is 2.46. The van der Waals surface area contributed by atoms with Crippen LogP contribution >= 0.6 is 0 Å². The van der Waals surface area contributed by atoms with Gasteiger partial charge in [0, 0.05) is 6.20 Å². The first-order valence-corrected chi connectivity index (χ1v) is 8.10. The van der Waals surface area contributed by atoms with Crippen LogP contribution in [-0.2, 0) is 4.79 Å². The number of carbonyl (C=O) groups excluding carboxylic acids is 1. The molecule has 1 atom stereocenters. The van der Waals surface area contributed by atoms with Gasteiger partial charge >= 0.3 is 0 Å². The first kappa shape index (κ1) is 16.1. The molecule has 3 rings (SSSR count). The van der Waals surface area contributed by atoms with Gasteiger partial charge < -0.3 is 5.32 Å². The van der Waals surface area contributed by atoms with Gasteiger partial charge in [-0.25, -0.2) is 4.99 Å². The Morgan fingerprint density at radius 3 is 2.33 bits per heavy atom. The molecule has 0 fully saturated rings. The number of nitrogens with one attached hydrogen (secondary N) is 1. The Balaban J connectivity index is 1.78. The Bertz CT molecular complexity index is 791. The quantitative estimate of drug-likeness (QED) is 0.937.